The first-order valence-electron chi connectivity index (χ1n) is 12.7. The van der Waals surface area contributed by atoms with Crippen LogP contribution < -0.4 is 15.7 Å². The molecule has 3 aliphatic rings. The minimum absolute atomic E-state index is 0.166. The van der Waals surface area contributed by atoms with Gasteiger partial charge in [0, 0.05) is 44.6 Å². The number of amides is 3. The number of benzene rings is 1. The number of hydrogen-bond donors (Lipinski definition) is 2. The van der Waals surface area contributed by atoms with Crippen molar-refractivity contribution in [3.63, 3.8) is 0 Å². The Morgan fingerprint density at radius 2 is 1.74 bits per heavy atom. The summed E-state index contributed by atoms with van der Waals surface area (Å²) >= 11 is 1.45. The van der Waals surface area contributed by atoms with E-state index in [0.29, 0.717) is 17.9 Å². The van der Waals surface area contributed by atoms with Crippen LogP contribution >= 0.6 is 12.1 Å². The summed E-state index contributed by atoms with van der Waals surface area (Å²) in [6.07, 6.45) is 8.07. The normalized spacial score (nSPS) is 22.9. The van der Waals surface area contributed by atoms with Crippen LogP contribution in [-0.4, -0.2) is 44.3 Å². The van der Waals surface area contributed by atoms with Crippen molar-refractivity contribution < 1.29 is 14.4 Å². The third kappa shape index (κ3) is 4.91. The molecule has 2 aliphatic heterocycles. The highest BCUT2D eigenvalue weighted by molar-refractivity contribution is 7.95. The van der Waals surface area contributed by atoms with Crippen molar-refractivity contribution in [2.24, 2.45) is 13.0 Å². The van der Waals surface area contributed by atoms with Crippen molar-refractivity contribution in [3.05, 3.63) is 34.2 Å². The number of fused-ring (bicyclic) bond motifs is 1. The van der Waals surface area contributed by atoms with Gasteiger partial charge in [0.15, 0.2) is 0 Å². The molecule has 3 heterocycles. The molecule has 0 radical (unpaired) electrons. The maximum atomic E-state index is 13.0. The van der Waals surface area contributed by atoms with Gasteiger partial charge in [-0.3, -0.25) is 33.6 Å². The van der Waals surface area contributed by atoms with E-state index < -0.39 is 11.9 Å². The number of aromatic nitrogens is 2. The van der Waals surface area contributed by atoms with Gasteiger partial charge in [-0.1, -0.05) is 25.3 Å². The fourth-order valence-electron chi connectivity index (χ4n) is 5.70. The van der Waals surface area contributed by atoms with Crippen LogP contribution in [-0.2, 0) is 21.4 Å². The Labute approximate surface area is 208 Å². The average molecular weight is 500 g/mol. The number of rotatable bonds is 5. The molecule has 0 bridgehead atoms. The van der Waals surface area contributed by atoms with Gasteiger partial charge in [0.05, 0.1) is 11.0 Å². The molecule has 35 heavy (non-hydrogen) atoms. The monoisotopic (exact) mass is 499 g/mol. The van der Waals surface area contributed by atoms with E-state index in [-0.39, 0.29) is 29.8 Å². The van der Waals surface area contributed by atoms with Crippen LogP contribution in [0.2, 0.25) is 0 Å². The lowest BCUT2D eigenvalue weighted by atomic mass is 9.89. The Morgan fingerprint density at radius 3 is 2.46 bits per heavy atom. The average Bonchev–Trinajstić information content (AvgIpc) is 3.13. The predicted octanol–water partition coefficient (Wildman–Crippen LogP) is 2.76. The van der Waals surface area contributed by atoms with Gasteiger partial charge in [0.25, 0.3) is 0 Å². The summed E-state index contributed by atoms with van der Waals surface area (Å²) in [5, 5.41) is 2.35. The Kier molecular flexibility index (Phi) is 7.02. The van der Waals surface area contributed by atoms with Crippen molar-refractivity contribution in [3.8, 4) is 0 Å². The van der Waals surface area contributed by atoms with Gasteiger partial charge in [0.2, 0.25) is 17.7 Å². The lowest BCUT2D eigenvalue weighted by molar-refractivity contribution is -0.135. The van der Waals surface area contributed by atoms with Gasteiger partial charge < -0.3 is 0 Å². The van der Waals surface area contributed by atoms with Gasteiger partial charge >= 0.3 is 5.69 Å². The van der Waals surface area contributed by atoms with Crippen LogP contribution in [0.25, 0.3) is 11.0 Å². The minimum Gasteiger partial charge on any atom is -0.295 e. The van der Waals surface area contributed by atoms with Crippen molar-refractivity contribution >= 4 is 40.9 Å². The Bertz CT molecular complexity index is 1190. The molecule has 188 valence electrons. The summed E-state index contributed by atoms with van der Waals surface area (Å²) in [5.41, 5.74) is 2.46. The van der Waals surface area contributed by atoms with Crippen molar-refractivity contribution in [1.29, 1.82) is 0 Å². The highest BCUT2D eigenvalue weighted by atomic mass is 32.2. The Balaban J connectivity index is 1.24. The molecule has 1 aliphatic carbocycles. The first-order chi connectivity index (χ1) is 16.9. The number of nitrogens with one attached hydrogen (secondary N) is 2. The maximum absolute atomic E-state index is 13.0. The highest BCUT2D eigenvalue weighted by Crippen LogP contribution is 2.33. The molecular formula is C25H33N5O4S. The lowest BCUT2D eigenvalue weighted by Gasteiger charge is -2.31. The standard InChI is InChI=1S/C25H33N5O4S/c1-28-21-15-18(7-8-19(21)30(25(28)34)20-9-10-22(31)26-24(20)33)16-11-13-29(14-12-16)35-27-23(32)17-5-3-2-4-6-17/h7-8,15-17,20H,2-6,9-14H2,1H3,(H,27,32)(H,26,31,33). The molecule has 2 saturated heterocycles. The van der Waals surface area contributed by atoms with E-state index in [0.717, 1.165) is 57.1 Å². The van der Waals surface area contributed by atoms with E-state index in [1.165, 1.54) is 28.7 Å². The first-order valence-corrected chi connectivity index (χ1v) is 13.5. The fraction of sp³-hybridized carbons (Fsp3) is 0.600. The number of carbonyl (C=O) groups is 3. The topological polar surface area (TPSA) is 105 Å². The van der Waals surface area contributed by atoms with Crippen LogP contribution in [0, 0.1) is 5.92 Å². The summed E-state index contributed by atoms with van der Waals surface area (Å²) in [6, 6.07) is 5.39. The third-order valence-corrected chi connectivity index (χ3v) is 8.73. The molecule has 1 saturated carbocycles. The zero-order valence-electron chi connectivity index (χ0n) is 20.1. The van der Waals surface area contributed by atoms with Gasteiger partial charge in [-0.25, -0.2) is 9.10 Å². The molecule has 5 rings (SSSR count). The smallest absolute Gasteiger partial charge is 0.295 e. The Hall–Kier alpha value is -2.59. The summed E-state index contributed by atoms with van der Waals surface area (Å²) in [7, 11) is 1.73. The van der Waals surface area contributed by atoms with Crippen LogP contribution in [0.1, 0.15) is 75.3 Å². The van der Waals surface area contributed by atoms with Crippen LogP contribution in [0.5, 0.6) is 0 Å². The molecule has 2 N–H and O–H groups in total. The van der Waals surface area contributed by atoms with Gasteiger partial charge in [-0.15, -0.1) is 0 Å². The second kappa shape index (κ2) is 10.2. The minimum atomic E-state index is -0.668. The fourth-order valence-corrected chi connectivity index (χ4v) is 6.48. The number of carbonyl (C=O) groups excluding carboxylic acids is 3. The summed E-state index contributed by atoms with van der Waals surface area (Å²) in [5.74, 6) is 0.00274. The molecule has 10 heteroatoms. The second-order valence-electron chi connectivity index (χ2n) is 10.0. The SMILES string of the molecule is Cn1c(=O)n(C2CCC(=O)NC2=O)c2ccc(C3CCN(SNC(=O)C4CCCCC4)CC3)cc21. The van der Waals surface area contributed by atoms with E-state index in [9.17, 15) is 19.2 Å². The van der Waals surface area contributed by atoms with E-state index >= 15 is 0 Å². The first kappa shape index (κ1) is 24.1. The van der Waals surface area contributed by atoms with Crippen molar-refractivity contribution in [2.45, 2.75) is 69.7 Å². The number of aryl methyl sites for hydroxylation is 1. The number of imide groups is 1. The maximum Gasteiger partial charge on any atom is 0.329 e. The molecule has 1 atom stereocenters. The van der Waals surface area contributed by atoms with E-state index in [4.69, 9.17) is 0 Å². The zero-order chi connectivity index (χ0) is 24.5. The highest BCUT2D eigenvalue weighted by Gasteiger charge is 2.32. The molecular weight excluding hydrogens is 466 g/mol. The van der Waals surface area contributed by atoms with E-state index in [2.05, 4.69) is 26.5 Å². The second-order valence-corrected chi connectivity index (χ2v) is 10.9. The van der Waals surface area contributed by atoms with E-state index in [1.54, 1.807) is 11.6 Å². The molecule has 3 amide bonds. The molecule has 9 nitrogen and oxygen atoms in total. The number of imidazole rings is 1. The van der Waals surface area contributed by atoms with Gasteiger partial charge in [0.1, 0.15) is 6.04 Å². The molecule has 0 spiro atoms. The lowest BCUT2D eigenvalue weighted by Crippen LogP contribution is -2.44. The number of hydrogen-bond acceptors (Lipinski definition) is 6. The molecule has 1 aromatic heterocycles. The largest absolute Gasteiger partial charge is 0.329 e. The molecule has 2 aromatic rings. The number of nitrogens with zero attached hydrogens (tertiary/aromatic N) is 3. The Morgan fingerprint density at radius 1 is 1.00 bits per heavy atom. The zero-order valence-corrected chi connectivity index (χ0v) is 20.9. The van der Waals surface area contributed by atoms with Crippen molar-refractivity contribution in [1.82, 2.24) is 23.5 Å². The number of piperidine rings is 2. The molecule has 3 fully saturated rings. The van der Waals surface area contributed by atoms with Crippen LogP contribution in [0.3, 0.4) is 0 Å². The van der Waals surface area contributed by atoms with Gasteiger partial charge in [-0.2, -0.15) is 0 Å². The van der Waals surface area contributed by atoms with Crippen LogP contribution in [0.4, 0.5) is 0 Å². The summed E-state index contributed by atoms with van der Waals surface area (Å²) < 4.78 is 8.41. The molecule has 1 unspecified atom stereocenters. The van der Waals surface area contributed by atoms with Gasteiger partial charge in [-0.05, 0) is 55.7 Å². The predicted molar refractivity (Wildman–Crippen MR) is 134 cm³/mol. The third-order valence-electron chi connectivity index (χ3n) is 7.81. The summed E-state index contributed by atoms with van der Waals surface area (Å²) in [6.45, 7) is 1.77. The van der Waals surface area contributed by atoms with Crippen molar-refractivity contribution in [2.75, 3.05) is 13.1 Å². The summed E-state index contributed by atoms with van der Waals surface area (Å²) in [4.78, 5) is 49.4. The van der Waals surface area contributed by atoms with E-state index in [1.807, 2.05) is 6.07 Å². The quantitative estimate of drug-likeness (QED) is 0.484. The van der Waals surface area contributed by atoms with Crippen LogP contribution in [0.15, 0.2) is 23.0 Å². The molecule has 1 aromatic carbocycles.